The average Bonchev–Trinajstić information content (AvgIpc) is 2.64. The summed E-state index contributed by atoms with van der Waals surface area (Å²) in [6.45, 7) is 4.76. The van der Waals surface area contributed by atoms with Crippen LogP contribution in [-0.2, 0) is 4.79 Å². The van der Waals surface area contributed by atoms with E-state index in [-0.39, 0.29) is 0 Å². The monoisotopic (exact) mass is 257 g/mol. The quantitative estimate of drug-likeness (QED) is 0.699. The van der Waals surface area contributed by atoms with Gasteiger partial charge in [0.25, 0.3) is 0 Å². The Bertz CT molecular complexity index is 279. The third-order valence-corrected chi connectivity index (χ3v) is 3.70. The molecule has 1 aliphatic heterocycles. The van der Waals surface area contributed by atoms with Crippen LogP contribution in [0.25, 0.3) is 0 Å². The summed E-state index contributed by atoms with van der Waals surface area (Å²) in [5, 5.41) is 8.96. The molecular weight excluding hydrogens is 230 g/mol. The van der Waals surface area contributed by atoms with E-state index in [0.29, 0.717) is 12.5 Å². The number of nitrogens with zero attached hydrogens (tertiary/aromatic N) is 2. The Hall–Kier alpha value is -0.650. The molecule has 0 saturated carbocycles. The molecule has 0 aliphatic carbocycles. The van der Waals surface area contributed by atoms with Crippen molar-refractivity contribution in [2.45, 2.75) is 44.2 Å². The molecule has 1 saturated heterocycles. The molecule has 1 heterocycles. The van der Waals surface area contributed by atoms with Gasteiger partial charge < -0.3 is 15.7 Å². The maximum absolute atomic E-state index is 10.9. The normalized spacial score (nSPS) is 24.4. The van der Waals surface area contributed by atoms with Gasteiger partial charge in [-0.2, -0.15) is 0 Å². The van der Waals surface area contributed by atoms with Crippen LogP contribution in [0.1, 0.15) is 32.6 Å². The number of hydrogen-bond acceptors (Lipinski definition) is 4. The maximum Gasteiger partial charge on any atom is 0.323 e. The number of rotatable bonds is 7. The maximum atomic E-state index is 10.9. The van der Waals surface area contributed by atoms with Crippen LogP contribution in [0.2, 0.25) is 0 Å². The number of nitrogens with two attached hydrogens (primary N) is 1. The average molecular weight is 257 g/mol. The van der Waals surface area contributed by atoms with E-state index in [4.69, 9.17) is 10.8 Å². The molecule has 1 aliphatic rings. The summed E-state index contributed by atoms with van der Waals surface area (Å²) in [6.07, 6.45) is 3.88. The van der Waals surface area contributed by atoms with Crippen LogP contribution >= 0.6 is 0 Å². The van der Waals surface area contributed by atoms with Crippen molar-refractivity contribution in [2.75, 3.05) is 33.7 Å². The Balaban J connectivity index is 2.32. The van der Waals surface area contributed by atoms with Crippen molar-refractivity contribution in [3.63, 3.8) is 0 Å². The van der Waals surface area contributed by atoms with Gasteiger partial charge >= 0.3 is 5.97 Å². The van der Waals surface area contributed by atoms with E-state index in [0.717, 1.165) is 26.1 Å². The Labute approximate surface area is 110 Å². The topological polar surface area (TPSA) is 69.8 Å². The van der Waals surface area contributed by atoms with Crippen molar-refractivity contribution >= 4 is 5.97 Å². The van der Waals surface area contributed by atoms with E-state index in [1.807, 2.05) is 0 Å². The van der Waals surface area contributed by atoms with Crippen molar-refractivity contribution in [3.8, 4) is 0 Å². The van der Waals surface area contributed by atoms with Gasteiger partial charge in [0.05, 0.1) is 0 Å². The number of aliphatic carboxylic acids is 1. The highest BCUT2D eigenvalue weighted by Crippen LogP contribution is 2.19. The fraction of sp³-hybridized carbons (Fsp3) is 0.923. The van der Waals surface area contributed by atoms with Crippen LogP contribution < -0.4 is 5.73 Å². The number of likely N-dealkylation sites (N-methyl/N-ethyl adjacent to an activating group) is 1. The Kier molecular flexibility index (Phi) is 5.56. The van der Waals surface area contributed by atoms with E-state index in [1.165, 1.54) is 12.8 Å². The first kappa shape index (κ1) is 15.4. The van der Waals surface area contributed by atoms with Crippen molar-refractivity contribution < 1.29 is 9.90 Å². The predicted molar refractivity (Wildman–Crippen MR) is 72.6 cm³/mol. The zero-order valence-corrected chi connectivity index (χ0v) is 11.9. The van der Waals surface area contributed by atoms with Gasteiger partial charge in [0.2, 0.25) is 0 Å². The third-order valence-electron chi connectivity index (χ3n) is 3.70. The molecule has 2 atom stereocenters. The van der Waals surface area contributed by atoms with E-state index < -0.39 is 11.5 Å². The van der Waals surface area contributed by atoms with E-state index in [1.54, 1.807) is 6.92 Å². The fourth-order valence-corrected chi connectivity index (χ4v) is 2.57. The Morgan fingerprint density at radius 2 is 2.22 bits per heavy atom. The molecule has 0 aromatic heterocycles. The molecule has 1 fully saturated rings. The SMILES string of the molecule is CN(C)CC1CCCN1CCCC(C)(N)C(=O)O. The molecule has 0 aromatic rings. The zero-order chi connectivity index (χ0) is 13.8. The summed E-state index contributed by atoms with van der Waals surface area (Å²) in [5.41, 5.74) is 4.65. The van der Waals surface area contributed by atoms with Crippen molar-refractivity contribution in [1.29, 1.82) is 0 Å². The first-order chi connectivity index (χ1) is 8.33. The number of hydrogen-bond donors (Lipinski definition) is 2. The van der Waals surface area contributed by atoms with Crippen molar-refractivity contribution in [2.24, 2.45) is 5.73 Å². The van der Waals surface area contributed by atoms with Crippen LogP contribution in [0, 0.1) is 0 Å². The molecule has 5 nitrogen and oxygen atoms in total. The number of likely N-dealkylation sites (tertiary alicyclic amines) is 1. The Morgan fingerprint density at radius 1 is 1.56 bits per heavy atom. The van der Waals surface area contributed by atoms with Crippen molar-refractivity contribution in [1.82, 2.24) is 9.80 Å². The highest BCUT2D eigenvalue weighted by atomic mass is 16.4. The number of carbonyl (C=O) groups is 1. The lowest BCUT2D eigenvalue weighted by atomic mass is 9.97. The summed E-state index contributed by atoms with van der Waals surface area (Å²) in [6, 6.07) is 0.619. The molecule has 0 spiro atoms. The summed E-state index contributed by atoms with van der Waals surface area (Å²) < 4.78 is 0. The molecule has 5 heteroatoms. The molecule has 106 valence electrons. The van der Waals surface area contributed by atoms with Crippen LogP contribution in [0.4, 0.5) is 0 Å². The van der Waals surface area contributed by atoms with Gasteiger partial charge in [-0.1, -0.05) is 0 Å². The smallest absolute Gasteiger partial charge is 0.323 e. The predicted octanol–water partition coefficient (Wildman–Crippen LogP) is 0.595. The summed E-state index contributed by atoms with van der Waals surface area (Å²) >= 11 is 0. The van der Waals surface area contributed by atoms with Crippen LogP contribution in [0.5, 0.6) is 0 Å². The molecule has 1 rings (SSSR count). The zero-order valence-electron chi connectivity index (χ0n) is 11.9. The summed E-state index contributed by atoms with van der Waals surface area (Å²) in [4.78, 5) is 15.6. The summed E-state index contributed by atoms with van der Waals surface area (Å²) in [7, 11) is 4.19. The fourth-order valence-electron chi connectivity index (χ4n) is 2.57. The van der Waals surface area contributed by atoms with Gasteiger partial charge in [-0.05, 0) is 59.8 Å². The standard InChI is InChI=1S/C13H27N3O2/c1-13(14,12(17)18)7-5-9-16-8-4-6-11(16)10-15(2)3/h11H,4-10,14H2,1-3H3,(H,17,18). The van der Waals surface area contributed by atoms with Crippen LogP contribution in [0.3, 0.4) is 0 Å². The lowest BCUT2D eigenvalue weighted by molar-refractivity contribution is -0.142. The minimum absolute atomic E-state index is 0.535. The third kappa shape index (κ3) is 4.55. The molecule has 18 heavy (non-hydrogen) atoms. The lowest BCUT2D eigenvalue weighted by Crippen LogP contribution is -2.45. The van der Waals surface area contributed by atoms with E-state index in [9.17, 15) is 4.79 Å². The van der Waals surface area contributed by atoms with Gasteiger partial charge in [0, 0.05) is 12.6 Å². The minimum Gasteiger partial charge on any atom is -0.480 e. The second-order valence-corrected chi connectivity index (χ2v) is 5.92. The molecule has 3 N–H and O–H groups in total. The van der Waals surface area contributed by atoms with Crippen molar-refractivity contribution in [3.05, 3.63) is 0 Å². The first-order valence-electron chi connectivity index (χ1n) is 6.74. The lowest BCUT2D eigenvalue weighted by Gasteiger charge is -2.28. The van der Waals surface area contributed by atoms with Gasteiger partial charge in [0.15, 0.2) is 0 Å². The molecule has 0 aromatic carbocycles. The molecule has 0 amide bonds. The van der Waals surface area contributed by atoms with E-state index >= 15 is 0 Å². The van der Waals surface area contributed by atoms with Crippen LogP contribution in [0.15, 0.2) is 0 Å². The number of carboxylic acids is 1. The number of carboxylic acid groups (broad SMARTS) is 1. The minimum atomic E-state index is -1.09. The Morgan fingerprint density at radius 3 is 2.78 bits per heavy atom. The summed E-state index contributed by atoms with van der Waals surface area (Å²) in [5.74, 6) is -0.909. The van der Waals surface area contributed by atoms with E-state index in [2.05, 4.69) is 23.9 Å². The largest absolute Gasteiger partial charge is 0.480 e. The second kappa shape index (κ2) is 6.50. The van der Waals surface area contributed by atoms with Gasteiger partial charge in [-0.25, -0.2) is 0 Å². The second-order valence-electron chi connectivity index (χ2n) is 5.92. The molecule has 0 radical (unpaired) electrons. The highest BCUT2D eigenvalue weighted by Gasteiger charge is 2.29. The van der Waals surface area contributed by atoms with Crippen LogP contribution in [-0.4, -0.2) is 66.2 Å². The van der Waals surface area contributed by atoms with Gasteiger partial charge in [-0.3, -0.25) is 9.69 Å². The van der Waals surface area contributed by atoms with Gasteiger partial charge in [-0.15, -0.1) is 0 Å². The molecule has 2 unspecified atom stereocenters. The first-order valence-corrected chi connectivity index (χ1v) is 6.74. The molecule has 0 bridgehead atoms. The molecular formula is C13H27N3O2. The van der Waals surface area contributed by atoms with Gasteiger partial charge in [0.1, 0.15) is 5.54 Å². The highest BCUT2D eigenvalue weighted by molar-refractivity contribution is 5.77.